The Labute approximate surface area is 192 Å². The molecule has 1 amide bonds. The van der Waals surface area contributed by atoms with Gasteiger partial charge in [-0.15, -0.1) is 11.3 Å². The number of aromatic nitrogens is 2. The minimum Gasteiger partial charge on any atom is -0.365 e. The fourth-order valence-corrected chi connectivity index (χ4v) is 6.25. The summed E-state index contributed by atoms with van der Waals surface area (Å²) in [5.41, 5.74) is 3.27. The Morgan fingerprint density at radius 2 is 1.97 bits per heavy atom. The normalized spacial score (nSPS) is 19.2. The van der Waals surface area contributed by atoms with Crippen LogP contribution in [0.1, 0.15) is 52.8 Å². The second-order valence-corrected chi connectivity index (χ2v) is 10.2. The number of anilines is 1. The molecule has 1 fully saturated rings. The number of carbonyl (C=O) groups excluding carboxylic acids is 1. The molecule has 2 aliphatic rings. The van der Waals surface area contributed by atoms with Gasteiger partial charge in [0.1, 0.15) is 10.7 Å². The minimum atomic E-state index is 0.0253. The number of nitrogens with zero attached hydrogens (tertiary/aromatic N) is 4. The summed E-state index contributed by atoms with van der Waals surface area (Å²) in [5, 5.41) is 0.635. The van der Waals surface area contributed by atoms with Crippen LogP contribution in [0, 0.1) is 13.8 Å². The van der Waals surface area contributed by atoms with Gasteiger partial charge in [-0.05, 0) is 56.9 Å². The summed E-state index contributed by atoms with van der Waals surface area (Å²) in [4.78, 5) is 37.3. The van der Waals surface area contributed by atoms with Crippen LogP contribution >= 0.6 is 11.3 Å². The molecule has 2 aromatic heterocycles. The van der Waals surface area contributed by atoms with E-state index in [1.807, 2.05) is 16.4 Å². The first-order valence-electron chi connectivity index (χ1n) is 11.6. The molecule has 7 heteroatoms. The molecule has 0 spiro atoms. The fraction of sp³-hybridized carbons (Fsp3) is 0.480. The van der Waals surface area contributed by atoms with Gasteiger partial charge in [0.25, 0.3) is 11.5 Å². The molecule has 5 rings (SSSR count). The van der Waals surface area contributed by atoms with E-state index < -0.39 is 0 Å². The van der Waals surface area contributed by atoms with Gasteiger partial charge in [-0.2, -0.15) is 0 Å². The highest BCUT2D eigenvalue weighted by Crippen LogP contribution is 2.30. The minimum absolute atomic E-state index is 0.0253. The summed E-state index contributed by atoms with van der Waals surface area (Å²) in [6.07, 6.45) is 4.05. The van der Waals surface area contributed by atoms with Crippen molar-refractivity contribution in [3.63, 3.8) is 0 Å². The van der Waals surface area contributed by atoms with Crippen LogP contribution in [0.25, 0.3) is 10.2 Å². The zero-order valence-electron chi connectivity index (χ0n) is 19.1. The van der Waals surface area contributed by atoms with Gasteiger partial charge < -0.3 is 9.80 Å². The van der Waals surface area contributed by atoms with Crippen LogP contribution in [0.15, 0.2) is 29.1 Å². The Morgan fingerprint density at radius 1 is 1.12 bits per heavy atom. The molecule has 0 saturated carbocycles. The molecule has 168 valence electrons. The van der Waals surface area contributed by atoms with Crippen LogP contribution in [0.4, 0.5) is 5.69 Å². The Morgan fingerprint density at radius 3 is 2.75 bits per heavy atom. The van der Waals surface area contributed by atoms with Crippen molar-refractivity contribution in [2.75, 3.05) is 24.5 Å². The van der Waals surface area contributed by atoms with Crippen LogP contribution in [0.5, 0.6) is 0 Å². The number of piperazine rings is 1. The molecule has 32 heavy (non-hydrogen) atoms. The summed E-state index contributed by atoms with van der Waals surface area (Å²) in [6.45, 7) is 9.06. The van der Waals surface area contributed by atoms with E-state index >= 15 is 0 Å². The van der Waals surface area contributed by atoms with Crippen molar-refractivity contribution in [1.82, 2.24) is 14.5 Å². The molecule has 4 heterocycles. The average Bonchev–Trinajstić information content (AvgIpc) is 2.94. The SMILES string of the molecule is Cc1cccc(N2CCN(C(=O)c3sc4nc5n(c(=O)c4c3C)CCCCC5)C[C@H]2C)c1. The number of aryl methyl sites for hydroxylation is 3. The lowest BCUT2D eigenvalue weighted by molar-refractivity contribution is 0.0730. The second kappa shape index (κ2) is 8.35. The van der Waals surface area contributed by atoms with E-state index in [1.165, 1.54) is 22.6 Å². The zero-order valence-corrected chi connectivity index (χ0v) is 19.9. The summed E-state index contributed by atoms with van der Waals surface area (Å²) in [7, 11) is 0. The molecule has 1 aromatic carbocycles. The lowest BCUT2D eigenvalue weighted by Crippen LogP contribution is -2.53. The van der Waals surface area contributed by atoms with Crippen molar-refractivity contribution in [2.45, 2.75) is 59.0 Å². The monoisotopic (exact) mass is 450 g/mol. The molecule has 3 aromatic rings. The number of amides is 1. The average molecular weight is 451 g/mol. The number of hydrogen-bond donors (Lipinski definition) is 0. The van der Waals surface area contributed by atoms with Crippen LogP contribution in [0.2, 0.25) is 0 Å². The van der Waals surface area contributed by atoms with Gasteiger partial charge in [0.15, 0.2) is 0 Å². The zero-order chi connectivity index (χ0) is 22.4. The Hall–Kier alpha value is -2.67. The molecule has 0 radical (unpaired) electrons. The van der Waals surface area contributed by atoms with Crippen molar-refractivity contribution < 1.29 is 4.79 Å². The van der Waals surface area contributed by atoms with Gasteiger partial charge in [-0.25, -0.2) is 4.98 Å². The summed E-state index contributed by atoms with van der Waals surface area (Å²) in [6, 6.07) is 8.76. The number of rotatable bonds is 2. The molecule has 2 aliphatic heterocycles. The van der Waals surface area contributed by atoms with Gasteiger partial charge in [-0.3, -0.25) is 14.2 Å². The van der Waals surface area contributed by atoms with E-state index in [4.69, 9.17) is 4.98 Å². The maximum atomic E-state index is 13.5. The van der Waals surface area contributed by atoms with Crippen LogP contribution in [-0.2, 0) is 13.0 Å². The predicted molar refractivity (Wildman–Crippen MR) is 130 cm³/mol. The van der Waals surface area contributed by atoms with E-state index in [-0.39, 0.29) is 17.5 Å². The third-order valence-corrected chi connectivity index (χ3v) is 8.03. The van der Waals surface area contributed by atoms with Gasteiger partial charge >= 0.3 is 0 Å². The third kappa shape index (κ3) is 3.62. The number of hydrogen-bond acceptors (Lipinski definition) is 5. The summed E-state index contributed by atoms with van der Waals surface area (Å²) >= 11 is 1.39. The standard InChI is InChI=1S/C25H30N4O2S/c1-16-8-7-9-19(14-16)28-13-12-27(15-17(28)2)25(31)22-18(3)21-23(32-22)26-20-10-5-4-6-11-29(20)24(21)30/h7-9,14,17H,4-6,10-13,15H2,1-3H3/t17-/m1/s1. The third-order valence-electron chi connectivity index (χ3n) is 6.85. The Bertz CT molecular complexity index is 1240. The maximum Gasteiger partial charge on any atom is 0.264 e. The molecular weight excluding hydrogens is 420 g/mol. The topological polar surface area (TPSA) is 58.4 Å². The first-order chi connectivity index (χ1) is 15.4. The van der Waals surface area contributed by atoms with Crippen LogP contribution < -0.4 is 10.5 Å². The molecule has 1 atom stereocenters. The highest BCUT2D eigenvalue weighted by atomic mass is 32.1. The largest absolute Gasteiger partial charge is 0.365 e. The number of carbonyl (C=O) groups is 1. The van der Waals surface area contributed by atoms with E-state index in [0.29, 0.717) is 23.4 Å². The molecule has 0 N–H and O–H groups in total. The van der Waals surface area contributed by atoms with Gasteiger partial charge in [0, 0.05) is 44.3 Å². The fourth-order valence-electron chi connectivity index (χ4n) is 5.09. The van der Waals surface area contributed by atoms with Gasteiger partial charge in [0.05, 0.1) is 10.3 Å². The van der Waals surface area contributed by atoms with E-state index in [0.717, 1.165) is 55.0 Å². The maximum absolute atomic E-state index is 13.5. The smallest absolute Gasteiger partial charge is 0.264 e. The number of thiophene rings is 1. The first kappa shape index (κ1) is 21.2. The van der Waals surface area contributed by atoms with E-state index in [1.54, 1.807) is 0 Å². The predicted octanol–water partition coefficient (Wildman–Crippen LogP) is 4.15. The Kier molecular flexibility index (Phi) is 5.53. The summed E-state index contributed by atoms with van der Waals surface area (Å²) in [5.74, 6) is 0.904. The lowest BCUT2D eigenvalue weighted by Gasteiger charge is -2.41. The molecule has 0 unspecified atom stereocenters. The van der Waals surface area contributed by atoms with Crippen molar-refractivity contribution in [1.29, 1.82) is 0 Å². The van der Waals surface area contributed by atoms with Gasteiger partial charge in [0.2, 0.25) is 0 Å². The first-order valence-corrected chi connectivity index (χ1v) is 12.4. The summed E-state index contributed by atoms with van der Waals surface area (Å²) < 4.78 is 1.84. The molecular formula is C25H30N4O2S. The van der Waals surface area contributed by atoms with Crippen LogP contribution in [0.3, 0.4) is 0 Å². The van der Waals surface area contributed by atoms with E-state index in [9.17, 15) is 9.59 Å². The number of benzene rings is 1. The van der Waals surface area contributed by atoms with Crippen molar-refractivity contribution in [2.24, 2.45) is 0 Å². The van der Waals surface area contributed by atoms with Crippen LogP contribution in [-0.4, -0.2) is 46.0 Å². The molecule has 1 saturated heterocycles. The van der Waals surface area contributed by atoms with E-state index in [2.05, 4.69) is 43.0 Å². The van der Waals surface area contributed by atoms with Crippen molar-refractivity contribution in [3.8, 4) is 0 Å². The molecule has 6 nitrogen and oxygen atoms in total. The van der Waals surface area contributed by atoms with Crippen molar-refractivity contribution >= 4 is 33.1 Å². The van der Waals surface area contributed by atoms with Crippen molar-refractivity contribution in [3.05, 3.63) is 56.4 Å². The number of fused-ring (bicyclic) bond motifs is 2. The second-order valence-electron chi connectivity index (χ2n) is 9.16. The van der Waals surface area contributed by atoms with Gasteiger partial charge in [-0.1, -0.05) is 18.6 Å². The lowest BCUT2D eigenvalue weighted by atomic mass is 10.1. The highest BCUT2D eigenvalue weighted by Gasteiger charge is 2.30. The highest BCUT2D eigenvalue weighted by molar-refractivity contribution is 7.20. The quantitative estimate of drug-likeness (QED) is 0.589. The Balaban J connectivity index is 1.42. The molecule has 0 aliphatic carbocycles. The molecule has 0 bridgehead atoms.